The Morgan fingerprint density at radius 3 is 2.44 bits per heavy atom. The van der Waals surface area contributed by atoms with E-state index in [1.54, 1.807) is 4.90 Å². The van der Waals surface area contributed by atoms with Crippen LogP contribution in [0.25, 0.3) is 0 Å². The maximum Gasteiger partial charge on any atom is 0.328 e. The molecule has 1 aromatic carbocycles. The quantitative estimate of drug-likeness (QED) is 0.355. The molecule has 9 heteroatoms. The summed E-state index contributed by atoms with van der Waals surface area (Å²) in [4.78, 5) is 39.5. The van der Waals surface area contributed by atoms with Gasteiger partial charge >= 0.3 is 11.9 Å². The molecule has 180 valence electrons. The fraction of sp³-hybridized carbons (Fsp3) is 0.609. The Morgan fingerprint density at radius 2 is 1.81 bits per heavy atom. The van der Waals surface area contributed by atoms with Crippen molar-refractivity contribution in [2.24, 2.45) is 5.73 Å². The number of unbranched alkanes of at least 4 members (excludes halogenated alkanes) is 1. The van der Waals surface area contributed by atoms with Gasteiger partial charge < -0.3 is 20.1 Å². The molecule has 1 amide bonds. The van der Waals surface area contributed by atoms with Gasteiger partial charge in [-0.25, -0.2) is 4.79 Å². The Balaban J connectivity index is 0.00000512. The molecule has 2 rings (SSSR count). The summed E-state index contributed by atoms with van der Waals surface area (Å²) in [7, 11) is 2.68. The Morgan fingerprint density at radius 1 is 1.09 bits per heavy atom. The number of halogens is 1. The number of aryl methyl sites for hydroxylation is 1. The molecule has 1 aromatic rings. The molecule has 0 unspecified atom stereocenters. The first kappa shape index (κ1) is 27.9. The maximum absolute atomic E-state index is 13.4. The molecule has 0 radical (unpaired) electrons. The Bertz CT molecular complexity index is 719. The zero-order valence-electron chi connectivity index (χ0n) is 19.0. The van der Waals surface area contributed by atoms with E-state index in [-0.39, 0.29) is 18.3 Å². The number of likely N-dealkylation sites (tertiary alicyclic amines) is 1. The number of methoxy groups -OCH3 is 2. The number of nitrogens with one attached hydrogen (secondary N) is 1. The summed E-state index contributed by atoms with van der Waals surface area (Å²) in [5.74, 6) is -0.989. The highest BCUT2D eigenvalue weighted by Crippen LogP contribution is 2.21. The van der Waals surface area contributed by atoms with Crippen LogP contribution >= 0.6 is 12.4 Å². The molecule has 0 aliphatic carbocycles. The maximum atomic E-state index is 13.4. The van der Waals surface area contributed by atoms with Gasteiger partial charge in [0, 0.05) is 6.54 Å². The number of benzene rings is 1. The summed E-state index contributed by atoms with van der Waals surface area (Å²) in [6.45, 7) is 1.03. The van der Waals surface area contributed by atoms with E-state index in [1.165, 1.54) is 14.2 Å². The number of amides is 1. The second kappa shape index (κ2) is 14.8. The summed E-state index contributed by atoms with van der Waals surface area (Å²) in [6, 6.07) is 8.06. The minimum Gasteiger partial charge on any atom is -0.468 e. The standard InChI is InChI=1S/C23H35N3O5.ClH/c1-30-22(28)19(14-13-17-9-4-3-5-10-17)25-18(11-6-7-15-24)21(27)26-16-8-12-20(26)23(29)31-2;/h3-5,9-10,18-20,25H,6-8,11-16,24H2,1-2H3;1H/t18-,19-,20-;/m0./s1. The fourth-order valence-electron chi connectivity index (χ4n) is 3.99. The van der Waals surface area contributed by atoms with Crippen molar-refractivity contribution in [2.45, 2.75) is 63.1 Å². The molecule has 32 heavy (non-hydrogen) atoms. The minimum absolute atomic E-state index is 0. The highest BCUT2D eigenvalue weighted by molar-refractivity contribution is 5.88. The van der Waals surface area contributed by atoms with E-state index < -0.39 is 30.1 Å². The Hall–Kier alpha value is -2.16. The van der Waals surface area contributed by atoms with Crippen LogP contribution in [0, 0.1) is 0 Å². The zero-order valence-corrected chi connectivity index (χ0v) is 19.8. The molecular formula is C23H36ClN3O5. The summed E-state index contributed by atoms with van der Waals surface area (Å²) in [5.41, 5.74) is 6.73. The summed E-state index contributed by atoms with van der Waals surface area (Å²) < 4.78 is 9.86. The van der Waals surface area contributed by atoms with Crippen LogP contribution in [0.2, 0.25) is 0 Å². The number of ether oxygens (including phenoxy) is 2. The number of rotatable bonds is 12. The van der Waals surface area contributed by atoms with Gasteiger partial charge in [-0.2, -0.15) is 0 Å². The van der Waals surface area contributed by atoms with Crippen LogP contribution in [0.1, 0.15) is 44.1 Å². The largest absolute Gasteiger partial charge is 0.468 e. The van der Waals surface area contributed by atoms with Crippen LogP contribution in [-0.2, 0) is 30.3 Å². The lowest BCUT2D eigenvalue weighted by Gasteiger charge is -2.30. The molecule has 1 aliphatic rings. The minimum atomic E-state index is -0.629. The average Bonchev–Trinajstić information content (AvgIpc) is 3.30. The molecule has 1 saturated heterocycles. The molecule has 1 aliphatic heterocycles. The second-order valence-electron chi connectivity index (χ2n) is 7.82. The summed E-state index contributed by atoms with van der Waals surface area (Å²) >= 11 is 0. The van der Waals surface area contributed by atoms with E-state index in [2.05, 4.69) is 5.32 Å². The van der Waals surface area contributed by atoms with Gasteiger partial charge in [0.05, 0.1) is 20.3 Å². The topological polar surface area (TPSA) is 111 Å². The first-order chi connectivity index (χ1) is 15.0. The molecule has 0 saturated carbocycles. The third-order valence-electron chi connectivity index (χ3n) is 5.71. The second-order valence-corrected chi connectivity index (χ2v) is 7.82. The number of carbonyl (C=O) groups is 3. The lowest BCUT2D eigenvalue weighted by molar-refractivity contribution is -0.152. The van der Waals surface area contributed by atoms with Gasteiger partial charge in [-0.3, -0.25) is 14.9 Å². The first-order valence-electron chi connectivity index (χ1n) is 11.0. The van der Waals surface area contributed by atoms with Crippen molar-refractivity contribution in [3.05, 3.63) is 35.9 Å². The van der Waals surface area contributed by atoms with Crippen LogP contribution in [0.3, 0.4) is 0 Å². The number of nitrogens with two attached hydrogens (primary N) is 1. The molecule has 8 nitrogen and oxygen atoms in total. The third kappa shape index (κ3) is 8.07. The average molecular weight is 470 g/mol. The lowest BCUT2D eigenvalue weighted by atomic mass is 10.0. The number of hydrogen-bond acceptors (Lipinski definition) is 7. The molecule has 0 aromatic heterocycles. The molecule has 0 spiro atoms. The molecule has 0 bridgehead atoms. The van der Waals surface area contributed by atoms with Gasteiger partial charge in [-0.15, -0.1) is 12.4 Å². The van der Waals surface area contributed by atoms with Gasteiger partial charge in [0.25, 0.3) is 0 Å². The van der Waals surface area contributed by atoms with Gasteiger partial charge in [-0.05, 0) is 50.6 Å². The van der Waals surface area contributed by atoms with Crippen LogP contribution in [0.15, 0.2) is 30.3 Å². The summed E-state index contributed by atoms with van der Waals surface area (Å²) in [5, 5.41) is 3.23. The number of hydrogen-bond donors (Lipinski definition) is 2. The number of esters is 2. The van der Waals surface area contributed by atoms with E-state index in [4.69, 9.17) is 15.2 Å². The highest BCUT2D eigenvalue weighted by Gasteiger charge is 2.38. The molecule has 3 atom stereocenters. The van der Waals surface area contributed by atoms with Gasteiger partial charge in [-0.1, -0.05) is 36.8 Å². The van der Waals surface area contributed by atoms with E-state index in [9.17, 15) is 14.4 Å². The fourth-order valence-corrected chi connectivity index (χ4v) is 3.99. The van der Waals surface area contributed by atoms with Crippen LogP contribution in [0.4, 0.5) is 0 Å². The van der Waals surface area contributed by atoms with Crippen LogP contribution in [-0.4, -0.2) is 68.2 Å². The first-order valence-corrected chi connectivity index (χ1v) is 11.0. The van der Waals surface area contributed by atoms with Gasteiger partial charge in [0.15, 0.2) is 0 Å². The Labute approximate surface area is 196 Å². The molecule has 1 fully saturated rings. The van der Waals surface area contributed by atoms with Crippen molar-refractivity contribution in [1.29, 1.82) is 0 Å². The number of carbonyl (C=O) groups excluding carboxylic acids is 3. The highest BCUT2D eigenvalue weighted by atomic mass is 35.5. The zero-order chi connectivity index (χ0) is 22.6. The van der Waals surface area contributed by atoms with Crippen LogP contribution < -0.4 is 11.1 Å². The predicted octanol–water partition coefficient (Wildman–Crippen LogP) is 1.83. The molecular weight excluding hydrogens is 434 g/mol. The van der Waals surface area contributed by atoms with Crippen molar-refractivity contribution in [3.63, 3.8) is 0 Å². The smallest absolute Gasteiger partial charge is 0.328 e. The number of nitrogens with zero attached hydrogens (tertiary/aromatic N) is 1. The van der Waals surface area contributed by atoms with Crippen molar-refractivity contribution in [3.8, 4) is 0 Å². The monoisotopic (exact) mass is 469 g/mol. The van der Waals surface area contributed by atoms with E-state index in [1.807, 2.05) is 30.3 Å². The van der Waals surface area contributed by atoms with Crippen LogP contribution in [0.5, 0.6) is 0 Å². The van der Waals surface area contributed by atoms with E-state index in [0.717, 1.165) is 24.8 Å². The predicted molar refractivity (Wildman–Crippen MR) is 124 cm³/mol. The van der Waals surface area contributed by atoms with Crippen molar-refractivity contribution < 1.29 is 23.9 Å². The van der Waals surface area contributed by atoms with Crippen molar-refractivity contribution in [2.75, 3.05) is 27.3 Å². The molecule has 3 N–H and O–H groups in total. The van der Waals surface area contributed by atoms with Crippen molar-refractivity contribution >= 4 is 30.3 Å². The molecule has 1 heterocycles. The lowest BCUT2D eigenvalue weighted by Crippen LogP contribution is -2.54. The van der Waals surface area contributed by atoms with Gasteiger partial charge in [0.1, 0.15) is 12.1 Å². The van der Waals surface area contributed by atoms with Gasteiger partial charge in [0.2, 0.25) is 5.91 Å². The van der Waals surface area contributed by atoms with E-state index >= 15 is 0 Å². The van der Waals surface area contributed by atoms with Crippen molar-refractivity contribution in [1.82, 2.24) is 10.2 Å². The normalized spacial score (nSPS) is 17.2. The Kier molecular flexibility index (Phi) is 12.9. The SMILES string of the molecule is COC(=O)[C@H](CCc1ccccc1)N[C@@H](CCCCN)C(=O)N1CCC[C@H]1C(=O)OC.Cl. The van der Waals surface area contributed by atoms with E-state index in [0.29, 0.717) is 38.8 Å². The summed E-state index contributed by atoms with van der Waals surface area (Å²) in [6.07, 6.45) is 4.54. The third-order valence-corrected chi connectivity index (χ3v) is 5.71.